The summed E-state index contributed by atoms with van der Waals surface area (Å²) in [6, 6.07) is 2.06. The number of hydrogen-bond donors (Lipinski definition) is 1. The highest BCUT2D eigenvalue weighted by Gasteiger charge is 2.50. The van der Waals surface area contributed by atoms with Gasteiger partial charge in [0, 0.05) is 25.4 Å². The molecule has 78 valence electrons. The second kappa shape index (κ2) is 3.39. The fraction of sp³-hybridized carbons (Fsp3) is 0.500. The number of nitrogens with one attached hydrogen (secondary N) is 1. The number of aryl methyl sites for hydroxylation is 1. The van der Waals surface area contributed by atoms with Crippen molar-refractivity contribution in [2.75, 3.05) is 0 Å². The van der Waals surface area contributed by atoms with E-state index in [2.05, 4.69) is 16.5 Å². The van der Waals surface area contributed by atoms with Gasteiger partial charge in [0.05, 0.1) is 12.3 Å². The SMILES string of the molecule is Cn1cc(CNC(=O)C2(C#N)CC2)cn1. The molecule has 1 aromatic heterocycles. The summed E-state index contributed by atoms with van der Waals surface area (Å²) in [5, 5.41) is 15.5. The molecule has 5 heteroatoms. The number of carbonyl (C=O) groups excluding carboxylic acids is 1. The Balaban J connectivity index is 1.89. The van der Waals surface area contributed by atoms with Crippen LogP contribution in [0.5, 0.6) is 0 Å². The van der Waals surface area contributed by atoms with E-state index >= 15 is 0 Å². The second-order valence-corrected chi connectivity index (χ2v) is 3.90. The van der Waals surface area contributed by atoms with Crippen LogP contribution in [0.2, 0.25) is 0 Å². The molecule has 0 aromatic carbocycles. The van der Waals surface area contributed by atoms with Crippen LogP contribution in [-0.2, 0) is 18.4 Å². The summed E-state index contributed by atoms with van der Waals surface area (Å²) < 4.78 is 1.68. The summed E-state index contributed by atoms with van der Waals surface area (Å²) in [4.78, 5) is 11.6. The molecule has 1 amide bonds. The zero-order chi connectivity index (χ0) is 10.9. The standard InChI is InChI=1S/C10H12N4O/c1-14-6-8(5-13-14)4-12-9(15)10(7-11)2-3-10/h5-6H,2-4H2,1H3,(H,12,15). The van der Waals surface area contributed by atoms with Crippen LogP contribution >= 0.6 is 0 Å². The summed E-state index contributed by atoms with van der Waals surface area (Å²) in [7, 11) is 1.82. The summed E-state index contributed by atoms with van der Waals surface area (Å²) >= 11 is 0. The maximum Gasteiger partial charge on any atom is 0.240 e. The maximum atomic E-state index is 11.6. The lowest BCUT2D eigenvalue weighted by Gasteiger charge is -2.06. The lowest BCUT2D eigenvalue weighted by atomic mass is 10.1. The Labute approximate surface area is 87.7 Å². The Hall–Kier alpha value is -1.83. The summed E-state index contributed by atoms with van der Waals surface area (Å²) in [6.07, 6.45) is 4.91. The van der Waals surface area contributed by atoms with Crippen molar-refractivity contribution in [1.29, 1.82) is 5.26 Å². The summed E-state index contributed by atoms with van der Waals surface area (Å²) in [5.74, 6) is -0.158. The van der Waals surface area contributed by atoms with Crippen molar-refractivity contribution >= 4 is 5.91 Å². The van der Waals surface area contributed by atoms with Gasteiger partial charge >= 0.3 is 0 Å². The van der Waals surface area contributed by atoms with Crippen LogP contribution in [0.1, 0.15) is 18.4 Å². The monoisotopic (exact) mass is 204 g/mol. The maximum absolute atomic E-state index is 11.6. The predicted octanol–water partition coefficient (Wildman–Crippen LogP) is 0.340. The Kier molecular flexibility index (Phi) is 2.19. The van der Waals surface area contributed by atoms with Crippen LogP contribution in [0.4, 0.5) is 0 Å². The van der Waals surface area contributed by atoms with E-state index in [1.165, 1.54) is 0 Å². The first-order chi connectivity index (χ1) is 7.16. The minimum Gasteiger partial charge on any atom is -0.351 e. The molecule has 0 atom stereocenters. The predicted molar refractivity (Wildman–Crippen MR) is 52.3 cm³/mol. The van der Waals surface area contributed by atoms with Crippen molar-refractivity contribution in [3.63, 3.8) is 0 Å². The highest BCUT2D eigenvalue weighted by Crippen LogP contribution is 2.44. The minimum absolute atomic E-state index is 0.158. The molecule has 1 fully saturated rings. The van der Waals surface area contributed by atoms with Gasteiger partial charge in [0.25, 0.3) is 0 Å². The van der Waals surface area contributed by atoms with Gasteiger partial charge in [-0.3, -0.25) is 9.48 Å². The van der Waals surface area contributed by atoms with E-state index in [4.69, 9.17) is 5.26 Å². The molecule has 1 saturated carbocycles. The molecule has 1 aliphatic carbocycles. The molecule has 1 aromatic rings. The van der Waals surface area contributed by atoms with Crippen molar-refractivity contribution in [3.05, 3.63) is 18.0 Å². The first kappa shape index (κ1) is 9.71. The van der Waals surface area contributed by atoms with Crippen molar-refractivity contribution in [2.45, 2.75) is 19.4 Å². The molecule has 1 aliphatic rings. The van der Waals surface area contributed by atoms with Gasteiger partial charge in [0.15, 0.2) is 0 Å². The highest BCUT2D eigenvalue weighted by molar-refractivity contribution is 5.88. The molecule has 0 bridgehead atoms. The number of carbonyl (C=O) groups is 1. The number of amides is 1. The summed E-state index contributed by atoms with van der Waals surface area (Å²) in [5.41, 5.74) is 0.210. The van der Waals surface area contributed by atoms with E-state index in [1.54, 1.807) is 10.9 Å². The van der Waals surface area contributed by atoms with Gasteiger partial charge in [0.1, 0.15) is 5.41 Å². The van der Waals surface area contributed by atoms with Gasteiger partial charge in [-0.25, -0.2) is 0 Å². The van der Waals surface area contributed by atoms with Crippen molar-refractivity contribution in [1.82, 2.24) is 15.1 Å². The Bertz CT molecular complexity index is 425. The molecule has 0 spiro atoms. The van der Waals surface area contributed by atoms with Crippen LogP contribution in [0.3, 0.4) is 0 Å². The molecule has 15 heavy (non-hydrogen) atoms. The van der Waals surface area contributed by atoms with E-state index in [0.717, 1.165) is 5.56 Å². The number of nitriles is 1. The fourth-order valence-corrected chi connectivity index (χ4v) is 1.43. The largest absolute Gasteiger partial charge is 0.351 e. The molecule has 0 saturated heterocycles. The first-order valence-electron chi connectivity index (χ1n) is 4.83. The normalized spacial score (nSPS) is 16.8. The zero-order valence-electron chi connectivity index (χ0n) is 8.53. The van der Waals surface area contributed by atoms with Gasteiger partial charge in [-0.2, -0.15) is 10.4 Å². The van der Waals surface area contributed by atoms with Crippen LogP contribution in [0.15, 0.2) is 12.4 Å². The molecule has 5 nitrogen and oxygen atoms in total. The molecule has 1 N–H and O–H groups in total. The lowest BCUT2D eigenvalue weighted by Crippen LogP contribution is -2.30. The van der Waals surface area contributed by atoms with Gasteiger partial charge in [0.2, 0.25) is 5.91 Å². The van der Waals surface area contributed by atoms with Crippen LogP contribution in [0, 0.1) is 16.7 Å². The van der Waals surface area contributed by atoms with E-state index in [1.807, 2.05) is 13.2 Å². The van der Waals surface area contributed by atoms with Crippen molar-refractivity contribution < 1.29 is 4.79 Å². The first-order valence-corrected chi connectivity index (χ1v) is 4.83. The zero-order valence-corrected chi connectivity index (χ0v) is 8.53. The molecule has 2 rings (SSSR count). The van der Waals surface area contributed by atoms with E-state index < -0.39 is 5.41 Å². The Morgan fingerprint density at radius 1 is 1.80 bits per heavy atom. The minimum atomic E-state index is -0.734. The number of hydrogen-bond acceptors (Lipinski definition) is 3. The lowest BCUT2D eigenvalue weighted by molar-refractivity contribution is -0.124. The smallest absolute Gasteiger partial charge is 0.240 e. The molecular weight excluding hydrogens is 192 g/mol. The third-order valence-electron chi connectivity index (χ3n) is 2.61. The molecular formula is C10H12N4O. The van der Waals surface area contributed by atoms with E-state index in [0.29, 0.717) is 19.4 Å². The molecule has 1 heterocycles. The van der Waals surface area contributed by atoms with Crippen LogP contribution in [-0.4, -0.2) is 15.7 Å². The topological polar surface area (TPSA) is 70.7 Å². The Morgan fingerprint density at radius 2 is 2.53 bits per heavy atom. The molecule has 0 aliphatic heterocycles. The third-order valence-corrected chi connectivity index (χ3v) is 2.61. The average Bonchev–Trinajstić information content (AvgIpc) is 2.93. The van der Waals surface area contributed by atoms with Gasteiger partial charge in [-0.05, 0) is 12.8 Å². The van der Waals surface area contributed by atoms with Crippen LogP contribution in [0.25, 0.3) is 0 Å². The van der Waals surface area contributed by atoms with Gasteiger partial charge in [-0.1, -0.05) is 0 Å². The third kappa shape index (κ3) is 1.84. The molecule has 0 radical (unpaired) electrons. The fourth-order valence-electron chi connectivity index (χ4n) is 1.43. The Morgan fingerprint density at radius 3 is 3.00 bits per heavy atom. The second-order valence-electron chi connectivity index (χ2n) is 3.90. The number of nitrogens with zero attached hydrogens (tertiary/aromatic N) is 3. The van der Waals surface area contributed by atoms with Gasteiger partial charge < -0.3 is 5.32 Å². The van der Waals surface area contributed by atoms with Gasteiger partial charge in [-0.15, -0.1) is 0 Å². The van der Waals surface area contributed by atoms with Crippen LogP contribution < -0.4 is 5.32 Å². The highest BCUT2D eigenvalue weighted by atomic mass is 16.2. The van der Waals surface area contributed by atoms with Crippen molar-refractivity contribution in [3.8, 4) is 6.07 Å². The van der Waals surface area contributed by atoms with E-state index in [-0.39, 0.29) is 5.91 Å². The average molecular weight is 204 g/mol. The van der Waals surface area contributed by atoms with Crippen molar-refractivity contribution in [2.24, 2.45) is 12.5 Å². The number of rotatable bonds is 3. The van der Waals surface area contributed by atoms with E-state index in [9.17, 15) is 4.79 Å². The quantitative estimate of drug-likeness (QED) is 0.771. The molecule has 0 unspecified atom stereocenters. The summed E-state index contributed by atoms with van der Waals surface area (Å²) in [6.45, 7) is 0.441. The number of aromatic nitrogens is 2.